The second kappa shape index (κ2) is 3.80. The molecule has 1 aromatic rings. The molecule has 6 nitrogen and oxygen atoms in total. The molecule has 1 unspecified atom stereocenters. The van der Waals surface area contributed by atoms with Crippen LogP contribution in [0, 0.1) is 0 Å². The molecule has 74 valence electrons. The van der Waals surface area contributed by atoms with Gasteiger partial charge in [0.25, 0.3) is 0 Å². The van der Waals surface area contributed by atoms with E-state index >= 15 is 0 Å². The maximum absolute atomic E-state index is 5.93. The summed E-state index contributed by atoms with van der Waals surface area (Å²) in [5.41, 5.74) is 5.49. The Balaban J connectivity index is 2.57. The van der Waals surface area contributed by atoms with Gasteiger partial charge in [0.05, 0.1) is 13.7 Å². The molecule has 0 bridgehead atoms. The van der Waals surface area contributed by atoms with Crippen molar-refractivity contribution in [2.24, 2.45) is 12.8 Å². The summed E-state index contributed by atoms with van der Waals surface area (Å²) >= 11 is 0. The van der Waals surface area contributed by atoms with Crippen LogP contribution in [-0.2, 0) is 18.2 Å². The topological polar surface area (TPSA) is 78.9 Å². The van der Waals surface area contributed by atoms with Crippen molar-refractivity contribution in [1.29, 1.82) is 0 Å². The average Bonchev–Trinajstić information content (AvgIpc) is 2.34. The molecule has 0 aromatic carbocycles. The van der Waals surface area contributed by atoms with Gasteiger partial charge in [-0.15, -0.1) is 10.2 Å². The smallest absolute Gasteiger partial charge is 0.176 e. The Kier molecular flexibility index (Phi) is 2.94. The second-order valence-corrected chi connectivity index (χ2v) is 3.46. The number of rotatable bonds is 4. The van der Waals surface area contributed by atoms with E-state index in [-0.39, 0.29) is 0 Å². The highest BCUT2D eigenvalue weighted by Gasteiger charge is 2.21. The summed E-state index contributed by atoms with van der Waals surface area (Å²) < 4.78 is 4.98. The van der Waals surface area contributed by atoms with Gasteiger partial charge < -0.3 is 10.5 Å². The van der Waals surface area contributed by atoms with Gasteiger partial charge in [-0.3, -0.25) is 0 Å². The fourth-order valence-corrected chi connectivity index (χ4v) is 1.14. The normalized spacial score (nSPS) is 15.7. The first-order valence-electron chi connectivity index (χ1n) is 4.04. The van der Waals surface area contributed by atoms with E-state index in [2.05, 4.69) is 15.4 Å². The molecule has 0 aliphatic rings. The molecule has 0 aliphatic heterocycles. The number of hydrogen-bond acceptors (Lipinski definition) is 5. The van der Waals surface area contributed by atoms with Crippen LogP contribution in [-0.4, -0.2) is 39.5 Å². The molecule has 0 amide bonds. The number of tetrazole rings is 1. The molecule has 0 aliphatic carbocycles. The molecule has 2 N–H and O–H groups in total. The highest BCUT2D eigenvalue weighted by molar-refractivity contribution is 4.91. The molecule has 1 aromatic heterocycles. The molecule has 0 spiro atoms. The van der Waals surface area contributed by atoms with E-state index < -0.39 is 5.54 Å². The van der Waals surface area contributed by atoms with Crippen LogP contribution < -0.4 is 5.73 Å². The summed E-state index contributed by atoms with van der Waals surface area (Å²) in [5.74, 6) is 0.643. The van der Waals surface area contributed by atoms with Crippen molar-refractivity contribution in [3.8, 4) is 0 Å². The van der Waals surface area contributed by atoms with Gasteiger partial charge in [0.1, 0.15) is 0 Å². The number of nitrogens with two attached hydrogens (primary N) is 1. The average molecular weight is 185 g/mol. The summed E-state index contributed by atoms with van der Waals surface area (Å²) in [7, 11) is 3.34. The van der Waals surface area contributed by atoms with Crippen LogP contribution in [0.25, 0.3) is 0 Å². The van der Waals surface area contributed by atoms with Crippen molar-refractivity contribution < 1.29 is 4.74 Å². The molecular formula is C7H15N5O. The standard InChI is InChI=1S/C7H15N5O/c1-7(8,5-13-3)4-6-9-11-12(2)10-6/h4-5,8H2,1-3H3. The molecule has 1 rings (SSSR count). The van der Waals surface area contributed by atoms with Crippen molar-refractivity contribution in [1.82, 2.24) is 20.2 Å². The monoisotopic (exact) mass is 185 g/mol. The number of hydrogen-bond donors (Lipinski definition) is 1. The zero-order chi connectivity index (χ0) is 9.90. The van der Waals surface area contributed by atoms with E-state index in [1.165, 1.54) is 4.80 Å². The van der Waals surface area contributed by atoms with Gasteiger partial charge in [-0.05, 0) is 12.1 Å². The predicted molar refractivity (Wildman–Crippen MR) is 47.0 cm³/mol. The summed E-state index contributed by atoms with van der Waals surface area (Å²) in [4.78, 5) is 1.41. The van der Waals surface area contributed by atoms with Crippen molar-refractivity contribution in [2.75, 3.05) is 13.7 Å². The van der Waals surface area contributed by atoms with Crippen molar-refractivity contribution in [3.63, 3.8) is 0 Å². The summed E-state index contributed by atoms with van der Waals surface area (Å²) in [5, 5.41) is 11.6. The van der Waals surface area contributed by atoms with E-state index in [1.807, 2.05) is 6.92 Å². The van der Waals surface area contributed by atoms with Crippen molar-refractivity contribution in [2.45, 2.75) is 18.9 Å². The summed E-state index contributed by atoms with van der Waals surface area (Å²) in [6.07, 6.45) is 0.564. The Labute approximate surface area is 77.1 Å². The SMILES string of the molecule is COCC(C)(N)Cc1nnn(C)n1. The molecule has 0 fully saturated rings. The minimum atomic E-state index is -0.433. The largest absolute Gasteiger partial charge is 0.383 e. The lowest BCUT2D eigenvalue weighted by molar-refractivity contribution is 0.140. The van der Waals surface area contributed by atoms with Gasteiger partial charge >= 0.3 is 0 Å². The number of ether oxygens (including phenoxy) is 1. The van der Waals surface area contributed by atoms with Crippen molar-refractivity contribution in [3.05, 3.63) is 5.82 Å². The molecule has 6 heteroatoms. The first kappa shape index (κ1) is 10.1. The third-order valence-corrected chi connectivity index (χ3v) is 1.59. The van der Waals surface area contributed by atoms with E-state index in [1.54, 1.807) is 14.2 Å². The molecule has 1 atom stereocenters. The summed E-state index contributed by atoms with van der Waals surface area (Å²) in [6, 6.07) is 0. The predicted octanol–water partition coefficient (Wildman–Crippen LogP) is -0.884. The number of nitrogens with zero attached hydrogens (tertiary/aromatic N) is 4. The van der Waals surface area contributed by atoms with E-state index in [0.29, 0.717) is 18.9 Å². The highest BCUT2D eigenvalue weighted by atomic mass is 16.5. The van der Waals surface area contributed by atoms with Gasteiger partial charge in [-0.1, -0.05) is 0 Å². The second-order valence-electron chi connectivity index (χ2n) is 3.46. The molecule has 1 heterocycles. The molecule has 0 saturated carbocycles. The lowest BCUT2D eigenvalue weighted by Gasteiger charge is -2.21. The van der Waals surface area contributed by atoms with Crippen LogP contribution in [0.3, 0.4) is 0 Å². The minimum absolute atomic E-state index is 0.433. The lowest BCUT2D eigenvalue weighted by atomic mass is 10.0. The third kappa shape index (κ3) is 3.08. The first-order chi connectivity index (χ1) is 6.03. The minimum Gasteiger partial charge on any atom is -0.383 e. The Morgan fingerprint density at radius 3 is 2.77 bits per heavy atom. The Hall–Kier alpha value is -1.01. The van der Waals surface area contributed by atoms with Crippen LogP contribution in [0.2, 0.25) is 0 Å². The van der Waals surface area contributed by atoms with Gasteiger partial charge in [0.15, 0.2) is 5.82 Å². The van der Waals surface area contributed by atoms with Gasteiger partial charge in [-0.2, -0.15) is 4.80 Å². The molecule has 0 radical (unpaired) electrons. The third-order valence-electron chi connectivity index (χ3n) is 1.59. The maximum Gasteiger partial charge on any atom is 0.176 e. The maximum atomic E-state index is 5.93. The van der Waals surface area contributed by atoms with E-state index in [4.69, 9.17) is 10.5 Å². The van der Waals surface area contributed by atoms with Crippen LogP contribution in [0.4, 0.5) is 0 Å². The number of aromatic nitrogens is 4. The van der Waals surface area contributed by atoms with Crippen LogP contribution in [0.5, 0.6) is 0 Å². The zero-order valence-corrected chi connectivity index (χ0v) is 8.19. The first-order valence-corrected chi connectivity index (χ1v) is 4.04. The lowest BCUT2D eigenvalue weighted by Crippen LogP contribution is -2.43. The van der Waals surface area contributed by atoms with Gasteiger partial charge in [0.2, 0.25) is 0 Å². The zero-order valence-electron chi connectivity index (χ0n) is 8.19. The Bertz CT molecular complexity index is 270. The highest BCUT2D eigenvalue weighted by Crippen LogP contribution is 2.05. The fraction of sp³-hybridized carbons (Fsp3) is 0.857. The van der Waals surface area contributed by atoms with E-state index in [9.17, 15) is 0 Å². The van der Waals surface area contributed by atoms with Crippen LogP contribution in [0.1, 0.15) is 12.7 Å². The quantitative estimate of drug-likeness (QED) is 0.658. The number of methoxy groups -OCH3 is 1. The van der Waals surface area contributed by atoms with Crippen LogP contribution in [0.15, 0.2) is 0 Å². The fourth-order valence-electron chi connectivity index (χ4n) is 1.14. The molecule has 13 heavy (non-hydrogen) atoms. The van der Waals surface area contributed by atoms with Crippen molar-refractivity contribution >= 4 is 0 Å². The Morgan fingerprint density at radius 2 is 2.31 bits per heavy atom. The van der Waals surface area contributed by atoms with E-state index in [0.717, 1.165) is 0 Å². The van der Waals surface area contributed by atoms with Gasteiger partial charge in [0, 0.05) is 19.1 Å². The van der Waals surface area contributed by atoms with Crippen LogP contribution >= 0.6 is 0 Å². The Morgan fingerprint density at radius 1 is 1.62 bits per heavy atom. The number of aryl methyl sites for hydroxylation is 1. The summed E-state index contributed by atoms with van der Waals surface area (Å²) in [6.45, 7) is 2.37. The van der Waals surface area contributed by atoms with Gasteiger partial charge in [-0.25, -0.2) is 0 Å². The molecule has 0 saturated heterocycles. The molecular weight excluding hydrogens is 170 g/mol.